The van der Waals surface area contributed by atoms with Crippen LogP contribution in [0.5, 0.6) is 0 Å². The summed E-state index contributed by atoms with van der Waals surface area (Å²) in [5, 5.41) is 4.11. The van der Waals surface area contributed by atoms with Crippen molar-refractivity contribution in [3.05, 3.63) is 22.3 Å². The van der Waals surface area contributed by atoms with Gasteiger partial charge in [-0.25, -0.2) is 4.98 Å². The van der Waals surface area contributed by atoms with Gasteiger partial charge in [0.25, 0.3) is 0 Å². The van der Waals surface area contributed by atoms with E-state index in [0.717, 1.165) is 0 Å². The minimum absolute atomic E-state index is 0.500. The number of guanidine groups is 1. The van der Waals surface area contributed by atoms with Crippen LogP contribution < -0.4 is 11.1 Å². The van der Waals surface area contributed by atoms with Crippen molar-refractivity contribution in [3.63, 3.8) is 0 Å². The van der Waals surface area contributed by atoms with Gasteiger partial charge in [0.15, 0.2) is 5.96 Å². The highest BCUT2D eigenvalue weighted by molar-refractivity contribution is 6.35. The molecule has 0 bridgehead atoms. The zero-order chi connectivity index (χ0) is 13.8. The van der Waals surface area contributed by atoms with Crippen molar-refractivity contribution in [2.24, 2.45) is 10.7 Å². The zero-order valence-corrected chi connectivity index (χ0v) is 12.2. The van der Waals surface area contributed by atoms with Gasteiger partial charge in [0, 0.05) is 25.8 Å². The molecular formula is C12H17Cl2N5. The van der Waals surface area contributed by atoms with Gasteiger partial charge in [0.2, 0.25) is 0 Å². The fourth-order valence-corrected chi connectivity index (χ4v) is 2.10. The van der Waals surface area contributed by atoms with Crippen LogP contribution in [0.15, 0.2) is 17.3 Å². The predicted octanol–water partition coefficient (Wildman–Crippen LogP) is 2.21. The van der Waals surface area contributed by atoms with Crippen molar-refractivity contribution in [1.29, 1.82) is 0 Å². The Morgan fingerprint density at radius 2 is 2.32 bits per heavy atom. The summed E-state index contributed by atoms with van der Waals surface area (Å²) in [5.74, 6) is 1.19. The molecule has 1 aromatic heterocycles. The van der Waals surface area contributed by atoms with Crippen molar-refractivity contribution in [3.8, 4) is 0 Å². The maximum atomic E-state index is 5.99. The first-order valence-corrected chi connectivity index (χ1v) is 6.91. The molecule has 0 aliphatic heterocycles. The van der Waals surface area contributed by atoms with E-state index in [1.165, 1.54) is 12.8 Å². The summed E-state index contributed by atoms with van der Waals surface area (Å²) in [5.41, 5.74) is 5.88. The highest BCUT2D eigenvalue weighted by Gasteiger charge is 2.27. The molecule has 2 rings (SSSR count). The van der Waals surface area contributed by atoms with Crippen LogP contribution in [0.25, 0.3) is 0 Å². The lowest BCUT2D eigenvalue weighted by molar-refractivity contribution is 0.488. The lowest BCUT2D eigenvalue weighted by Crippen LogP contribution is -2.36. The van der Waals surface area contributed by atoms with Gasteiger partial charge in [-0.2, -0.15) is 0 Å². The van der Waals surface area contributed by atoms with Crippen LogP contribution in [0.3, 0.4) is 0 Å². The lowest BCUT2D eigenvalue weighted by atomic mass is 10.4. The molecule has 104 valence electrons. The normalized spacial score (nSPS) is 15.4. The summed E-state index contributed by atoms with van der Waals surface area (Å²) in [6.07, 6.45) is 3.96. The second-order valence-corrected chi connectivity index (χ2v) is 5.34. The summed E-state index contributed by atoms with van der Waals surface area (Å²) in [6, 6.07) is 2.22. The number of hydrogen-bond acceptors (Lipinski definition) is 3. The third-order valence-corrected chi connectivity index (χ3v) is 3.44. The van der Waals surface area contributed by atoms with Gasteiger partial charge in [0.1, 0.15) is 5.82 Å². The number of halogens is 2. The van der Waals surface area contributed by atoms with Crippen molar-refractivity contribution in [1.82, 2.24) is 9.88 Å². The number of nitrogens with two attached hydrogens (primary N) is 1. The quantitative estimate of drug-likeness (QED) is 0.497. The summed E-state index contributed by atoms with van der Waals surface area (Å²) >= 11 is 11.8. The lowest BCUT2D eigenvalue weighted by Gasteiger charge is -2.16. The van der Waals surface area contributed by atoms with Crippen LogP contribution in [0.2, 0.25) is 10.0 Å². The van der Waals surface area contributed by atoms with Gasteiger partial charge in [-0.1, -0.05) is 23.2 Å². The summed E-state index contributed by atoms with van der Waals surface area (Å²) in [7, 11) is 1.97. The smallest absolute Gasteiger partial charge is 0.191 e. The summed E-state index contributed by atoms with van der Waals surface area (Å²) < 4.78 is 0. The summed E-state index contributed by atoms with van der Waals surface area (Å²) in [6.45, 7) is 1.19. The fraction of sp³-hybridized carbons (Fsp3) is 0.500. The van der Waals surface area contributed by atoms with Gasteiger partial charge >= 0.3 is 0 Å². The van der Waals surface area contributed by atoms with Gasteiger partial charge in [-0.15, -0.1) is 0 Å². The topological polar surface area (TPSA) is 66.5 Å². The van der Waals surface area contributed by atoms with Crippen molar-refractivity contribution >= 4 is 35.0 Å². The van der Waals surface area contributed by atoms with Gasteiger partial charge in [-0.3, -0.25) is 4.99 Å². The molecule has 1 fully saturated rings. The van der Waals surface area contributed by atoms with Crippen molar-refractivity contribution in [2.45, 2.75) is 18.9 Å². The first-order chi connectivity index (χ1) is 9.08. The van der Waals surface area contributed by atoms with E-state index in [1.807, 2.05) is 11.9 Å². The van der Waals surface area contributed by atoms with E-state index in [2.05, 4.69) is 15.3 Å². The molecule has 7 heteroatoms. The van der Waals surface area contributed by atoms with Crippen LogP contribution in [-0.2, 0) is 0 Å². The third-order valence-electron chi connectivity index (χ3n) is 2.94. The van der Waals surface area contributed by atoms with E-state index in [4.69, 9.17) is 28.9 Å². The third kappa shape index (κ3) is 4.14. The van der Waals surface area contributed by atoms with Gasteiger partial charge < -0.3 is 16.0 Å². The van der Waals surface area contributed by atoms with Crippen molar-refractivity contribution < 1.29 is 0 Å². The average molecular weight is 302 g/mol. The Hall–Kier alpha value is -1.20. The molecule has 0 saturated heterocycles. The van der Waals surface area contributed by atoms with Gasteiger partial charge in [0.05, 0.1) is 16.6 Å². The van der Waals surface area contributed by atoms with Gasteiger partial charge in [-0.05, 0) is 18.9 Å². The number of aliphatic imine (C=N–C) groups is 1. The minimum atomic E-state index is 0.500. The highest BCUT2D eigenvalue weighted by atomic mass is 35.5. The van der Waals surface area contributed by atoms with Crippen LogP contribution in [0.1, 0.15) is 12.8 Å². The molecule has 1 aliphatic carbocycles. The van der Waals surface area contributed by atoms with E-state index in [9.17, 15) is 0 Å². The molecule has 0 unspecified atom stereocenters. The van der Waals surface area contributed by atoms with E-state index in [1.54, 1.807) is 12.3 Å². The molecule has 0 spiro atoms. The molecule has 0 aromatic carbocycles. The molecule has 0 atom stereocenters. The molecule has 3 N–H and O–H groups in total. The van der Waals surface area contributed by atoms with Crippen LogP contribution in [-0.4, -0.2) is 42.0 Å². The maximum absolute atomic E-state index is 5.99. The van der Waals surface area contributed by atoms with E-state index in [0.29, 0.717) is 41.0 Å². The monoisotopic (exact) mass is 301 g/mol. The number of nitrogens with one attached hydrogen (secondary N) is 1. The summed E-state index contributed by atoms with van der Waals surface area (Å²) in [4.78, 5) is 10.4. The molecule has 19 heavy (non-hydrogen) atoms. The van der Waals surface area contributed by atoms with Crippen LogP contribution in [0.4, 0.5) is 5.82 Å². The van der Waals surface area contributed by atoms with E-state index >= 15 is 0 Å². The predicted molar refractivity (Wildman–Crippen MR) is 80.0 cm³/mol. The molecule has 1 heterocycles. The van der Waals surface area contributed by atoms with E-state index in [-0.39, 0.29) is 0 Å². The number of nitrogens with zero attached hydrogens (tertiary/aromatic N) is 3. The Bertz CT molecular complexity index is 473. The number of hydrogen-bond donors (Lipinski definition) is 2. The molecule has 0 radical (unpaired) electrons. The highest BCUT2D eigenvalue weighted by Crippen LogP contribution is 2.25. The Kier molecular flexibility index (Phi) is 4.71. The first kappa shape index (κ1) is 14.2. The number of pyridine rings is 1. The van der Waals surface area contributed by atoms with E-state index < -0.39 is 0 Å². The fourth-order valence-electron chi connectivity index (χ4n) is 1.65. The molecule has 0 amide bonds. The molecular weight excluding hydrogens is 285 g/mol. The average Bonchev–Trinajstić information content (AvgIpc) is 3.19. The maximum Gasteiger partial charge on any atom is 0.191 e. The largest absolute Gasteiger partial charge is 0.370 e. The Morgan fingerprint density at radius 1 is 1.58 bits per heavy atom. The first-order valence-electron chi connectivity index (χ1n) is 6.15. The number of aromatic nitrogens is 1. The number of rotatable bonds is 5. The van der Waals surface area contributed by atoms with Crippen molar-refractivity contribution in [2.75, 3.05) is 25.5 Å². The second kappa shape index (κ2) is 6.30. The Morgan fingerprint density at radius 3 is 2.95 bits per heavy atom. The molecule has 1 saturated carbocycles. The zero-order valence-electron chi connectivity index (χ0n) is 10.7. The Balaban J connectivity index is 1.78. The number of anilines is 1. The standard InChI is InChI=1S/C12H17Cl2N5/c1-19(9-2-3-9)12(15)17-5-4-16-11-10(14)6-8(13)7-18-11/h6-7,9H,2-5H2,1H3,(H2,15,17)(H,16,18). The Labute approximate surface area is 122 Å². The molecule has 1 aromatic rings. The minimum Gasteiger partial charge on any atom is -0.370 e. The second-order valence-electron chi connectivity index (χ2n) is 4.49. The van der Waals surface area contributed by atoms with Crippen LogP contribution >= 0.6 is 23.2 Å². The molecule has 1 aliphatic rings. The van der Waals surface area contributed by atoms with Crippen LogP contribution in [0, 0.1) is 0 Å². The SMILES string of the molecule is CN(C(N)=NCCNc1ncc(Cl)cc1Cl)C1CC1. The molecule has 5 nitrogen and oxygen atoms in total.